The van der Waals surface area contributed by atoms with Crippen molar-refractivity contribution >= 4 is 35.0 Å². The van der Waals surface area contributed by atoms with Gasteiger partial charge in [0.25, 0.3) is 5.91 Å². The molecular weight excluding hydrogens is 570 g/mol. The lowest BCUT2D eigenvalue weighted by atomic mass is 9.95. The van der Waals surface area contributed by atoms with Crippen molar-refractivity contribution in [3.63, 3.8) is 0 Å². The first-order valence-corrected chi connectivity index (χ1v) is 16.4. The predicted octanol–water partition coefficient (Wildman–Crippen LogP) is 3.70. The Kier molecular flexibility index (Phi) is 12.1. The van der Waals surface area contributed by atoms with Gasteiger partial charge in [-0.3, -0.25) is 19.2 Å². The Morgan fingerprint density at radius 2 is 1.71 bits per heavy atom. The zero-order valence-electron chi connectivity index (χ0n) is 27.1. The Labute approximate surface area is 266 Å². The summed E-state index contributed by atoms with van der Waals surface area (Å²) < 4.78 is 0. The Morgan fingerprint density at radius 1 is 1.00 bits per heavy atom. The first-order chi connectivity index (χ1) is 21.5. The second-order valence-electron chi connectivity index (χ2n) is 12.7. The summed E-state index contributed by atoms with van der Waals surface area (Å²) in [5.74, 6) is -0.729. The third-order valence-electron chi connectivity index (χ3n) is 8.74. The van der Waals surface area contributed by atoms with Crippen molar-refractivity contribution < 1.29 is 24.3 Å². The van der Waals surface area contributed by atoms with Crippen LogP contribution in [0.25, 0.3) is 0 Å². The van der Waals surface area contributed by atoms with E-state index in [2.05, 4.69) is 16.0 Å². The van der Waals surface area contributed by atoms with Crippen molar-refractivity contribution in [1.82, 2.24) is 16.0 Å². The van der Waals surface area contributed by atoms with E-state index in [1.54, 1.807) is 34.9 Å². The molecule has 4 amide bonds. The molecule has 1 heterocycles. The zero-order valence-corrected chi connectivity index (χ0v) is 27.1. The molecule has 10 nitrogen and oxygen atoms in total. The fourth-order valence-corrected chi connectivity index (χ4v) is 6.29. The van der Waals surface area contributed by atoms with Gasteiger partial charge in [-0.05, 0) is 70.2 Å². The van der Waals surface area contributed by atoms with Crippen LogP contribution in [0.5, 0.6) is 0 Å². The van der Waals surface area contributed by atoms with Crippen LogP contribution >= 0.6 is 0 Å². The summed E-state index contributed by atoms with van der Waals surface area (Å²) in [6.45, 7) is 7.67. The number of benzene rings is 2. The number of nitrogens with one attached hydrogen (secondary N) is 3. The summed E-state index contributed by atoms with van der Waals surface area (Å²) in [4.78, 5) is 55.2. The molecule has 0 aromatic heterocycles. The largest absolute Gasteiger partial charge is 0.390 e. The van der Waals surface area contributed by atoms with Crippen molar-refractivity contribution in [2.24, 2.45) is 0 Å². The molecule has 2 fully saturated rings. The van der Waals surface area contributed by atoms with E-state index in [4.69, 9.17) is 0 Å². The van der Waals surface area contributed by atoms with E-state index in [0.29, 0.717) is 30.8 Å². The molecule has 3 atom stereocenters. The van der Waals surface area contributed by atoms with E-state index in [9.17, 15) is 24.3 Å². The highest BCUT2D eigenvalue weighted by Crippen LogP contribution is 2.30. The zero-order chi connectivity index (χ0) is 32.5. The molecule has 1 saturated carbocycles. The Morgan fingerprint density at radius 3 is 2.33 bits per heavy atom. The smallest absolute Gasteiger partial charge is 0.251 e. The highest BCUT2D eigenvalue weighted by Gasteiger charge is 2.28. The molecule has 4 rings (SSSR count). The lowest BCUT2D eigenvalue weighted by molar-refractivity contribution is -0.124. The maximum Gasteiger partial charge on any atom is 0.251 e. The number of aliphatic hydroxyl groups is 1. The van der Waals surface area contributed by atoms with Crippen LogP contribution in [0.3, 0.4) is 0 Å². The number of carbonyl (C=O) groups is 4. The van der Waals surface area contributed by atoms with Crippen LogP contribution in [0.4, 0.5) is 11.4 Å². The SMILES string of the molecule is CC(=O)N(c1cc(C(=O)NC(Cc2ccccc2)C(O)CNC(C)C(=O)NC2CCCCC2)cc(N2CCCC2=O)c1)C(C)C. The van der Waals surface area contributed by atoms with Gasteiger partial charge in [-0.15, -0.1) is 0 Å². The van der Waals surface area contributed by atoms with Gasteiger partial charge in [0.1, 0.15) is 0 Å². The quantitative estimate of drug-likeness (QED) is 0.271. The lowest BCUT2D eigenvalue weighted by Crippen LogP contribution is -2.53. The van der Waals surface area contributed by atoms with Crippen molar-refractivity contribution in [1.29, 1.82) is 0 Å². The van der Waals surface area contributed by atoms with Crippen LogP contribution in [-0.2, 0) is 20.8 Å². The van der Waals surface area contributed by atoms with Gasteiger partial charge >= 0.3 is 0 Å². The average Bonchev–Trinajstić information content (AvgIpc) is 3.45. The van der Waals surface area contributed by atoms with Crippen molar-refractivity contribution in [2.45, 2.75) is 109 Å². The second-order valence-corrected chi connectivity index (χ2v) is 12.7. The minimum Gasteiger partial charge on any atom is -0.390 e. The van der Waals surface area contributed by atoms with E-state index in [1.165, 1.54) is 13.3 Å². The summed E-state index contributed by atoms with van der Waals surface area (Å²) >= 11 is 0. The maximum absolute atomic E-state index is 13.9. The summed E-state index contributed by atoms with van der Waals surface area (Å²) in [5, 5.41) is 20.6. The van der Waals surface area contributed by atoms with Crippen LogP contribution in [0.15, 0.2) is 48.5 Å². The molecule has 1 aliphatic heterocycles. The molecule has 10 heteroatoms. The molecule has 1 aliphatic carbocycles. The van der Waals surface area contributed by atoms with Gasteiger partial charge in [0, 0.05) is 55.5 Å². The van der Waals surface area contributed by atoms with E-state index in [1.807, 2.05) is 44.2 Å². The average molecular weight is 620 g/mol. The normalized spacial score (nSPS) is 17.6. The molecule has 0 spiro atoms. The van der Waals surface area contributed by atoms with Crippen molar-refractivity contribution in [2.75, 3.05) is 22.9 Å². The van der Waals surface area contributed by atoms with Gasteiger partial charge in [0.15, 0.2) is 0 Å². The van der Waals surface area contributed by atoms with Crippen LogP contribution in [0, 0.1) is 0 Å². The highest BCUT2D eigenvalue weighted by atomic mass is 16.3. The van der Waals surface area contributed by atoms with E-state index >= 15 is 0 Å². The third kappa shape index (κ3) is 9.37. The van der Waals surface area contributed by atoms with Crippen LogP contribution < -0.4 is 25.8 Å². The minimum absolute atomic E-state index is 0.0254. The van der Waals surface area contributed by atoms with Crippen molar-refractivity contribution in [3.8, 4) is 0 Å². The number of hydrogen-bond acceptors (Lipinski definition) is 6. The molecule has 1 saturated heterocycles. The van der Waals surface area contributed by atoms with Gasteiger partial charge in [-0.25, -0.2) is 0 Å². The molecule has 244 valence electrons. The molecule has 2 aromatic rings. The Bertz CT molecular complexity index is 1330. The van der Waals surface area contributed by atoms with E-state index in [-0.39, 0.29) is 41.9 Å². The molecule has 45 heavy (non-hydrogen) atoms. The van der Waals surface area contributed by atoms with Gasteiger partial charge in [-0.1, -0.05) is 49.6 Å². The first kappa shape index (κ1) is 34.1. The number of aliphatic hydroxyl groups excluding tert-OH is 1. The molecule has 2 aromatic carbocycles. The topological polar surface area (TPSA) is 131 Å². The van der Waals surface area contributed by atoms with E-state index in [0.717, 1.165) is 37.7 Å². The lowest BCUT2D eigenvalue weighted by Gasteiger charge is -2.29. The molecule has 4 N–H and O–H groups in total. The number of amides is 4. The highest BCUT2D eigenvalue weighted by molar-refractivity contribution is 6.02. The fraction of sp³-hybridized carbons (Fsp3) is 0.543. The number of hydrogen-bond donors (Lipinski definition) is 4. The Hall–Kier alpha value is -3.76. The molecule has 0 radical (unpaired) electrons. The number of nitrogens with zero attached hydrogens (tertiary/aromatic N) is 2. The summed E-state index contributed by atoms with van der Waals surface area (Å²) in [5.41, 5.74) is 2.31. The number of anilines is 2. The minimum atomic E-state index is -1.01. The maximum atomic E-state index is 13.9. The molecule has 0 bridgehead atoms. The Balaban J connectivity index is 1.54. The van der Waals surface area contributed by atoms with Crippen LogP contribution in [-0.4, -0.2) is 72.1 Å². The van der Waals surface area contributed by atoms with Gasteiger partial charge in [0.05, 0.1) is 18.2 Å². The third-order valence-corrected chi connectivity index (χ3v) is 8.74. The second kappa shape index (κ2) is 16.0. The fourth-order valence-electron chi connectivity index (χ4n) is 6.29. The number of rotatable bonds is 13. The molecular formula is C35H49N5O5. The van der Waals surface area contributed by atoms with Crippen LogP contribution in [0.1, 0.15) is 88.6 Å². The summed E-state index contributed by atoms with van der Waals surface area (Å²) in [7, 11) is 0. The molecule has 2 aliphatic rings. The van der Waals surface area contributed by atoms with Gasteiger partial charge < -0.3 is 30.9 Å². The van der Waals surface area contributed by atoms with Gasteiger partial charge in [0.2, 0.25) is 17.7 Å². The van der Waals surface area contributed by atoms with E-state index < -0.39 is 24.1 Å². The summed E-state index contributed by atoms with van der Waals surface area (Å²) in [6, 6.07) is 13.5. The monoisotopic (exact) mass is 619 g/mol. The standard InChI is InChI=1S/C35H49N5O5/c1-23(2)40(25(4)41)30-20-27(19-29(21-30)39-17-11-16-33(39)43)35(45)38-31(18-26-12-7-5-8-13-26)32(42)22-36-24(3)34(44)37-28-14-9-6-10-15-28/h5,7-8,12-13,19-21,23-24,28,31-32,36,42H,6,9-11,14-18,22H2,1-4H3,(H,37,44)(H,38,45). The predicted molar refractivity (Wildman–Crippen MR) is 176 cm³/mol. The summed E-state index contributed by atoms with van der Waals surface area (Å²) in [6.07, 6.45) is 5.93. The van der Waals surface area contributed by atoms with Gasteiger partial charge in [-0.2, -0.15) is 0 Å². The first-order valence-electron chi connectivity index (χ1n) is 16.4. The number of carbonyl (C=O) groups excluding carboxylic acids is 4. The van der Waals surface area contributed by atoms with Crippen molar-refractivity contribution in [3.05, 3.63) is 59.7 Å². The van der Waals surface area contributed by atoms with Crippen LogP contribution in [0.2, 0.25) is 0 Å². The molecule has 3 unspecified atom stereocenters.